The number of hydrogen-bond donors (Lipinski definition) is 1. The lowest BCUT2D eigenvalue weighted by Crippen LogP contribution is -2.29. The lowest BCUT2D eigenvalue weighted by molar-refractivity contribution is 0.00962. The number of ether oxygens (including phenoxy) is 1. The molecule has 1 aromatic rings. The molecular weight excluding hydrogens is 204 g/mol. The minimum atomic E-state index is -0.940. The summed E-state index contributed by atoms with van der Waals surface area (Å²) < 4.78 is 5.13. The Morgan fingerprint density at radius 2 is 2.12 bits per heavy atom. The second-order valence-corrected chi connectivity index (χ2v) is 4.69. The zero-order chi connectivity index (χ0) is 11.6. The van der Waals surface area contributed by atoms with Gasteiger partial charge in [-0.2, -0.15) is 0 Å². The van der Waals surface area contributed by atoms with Gasteiger partial charge in [0.15, 0.2) is 0 Å². The number of rotatable bonds is 4. The molecule has 1 atom stereocenters. The van der Waals surface area contributed by atoms with E-state index in [0.29, 0.717) is 17.5 Å². The van der Waals surface area contributed by atoms with Gasteiger partial charge in [0.25, 0.3) is 0 Å². The van der Waals surface area contributed by atoms with E-state index in [-0.39, 0.29) is 0 Å². The molecule has 1 N–H and O–H groups in total. The standard InChI is InChI=1S/C12H18N2O2/c1-12(15,8-9-4-3-5-9)10-11(16-2)14-7-6-13-10/h6-7,9,15H,3-5,8H2,1-2H3. The summed E-state index contributed by atoms with van der Waals surface area (Å²) in [5, 5.41) is 10.5. The third-order valence-corrected chi connectivity index (χ3v) is 3.28. The first-order valence-electron chi connectivity index (χ1n) is 5.71. The molecule has 0 spiro atoms. The van der Waals surface area contributed by atoms with Crippen LogP contribution in [0.15, 0.2) is 12.4 Å². The first-order valence-corrected chi connectivity index (χ1v) is 5.71. The second kappa shape index (κ2) is 4.37. The summed E-state index contributed by atoms with van der Waals surface area (Å²) in [6, 6.07) is 0. The van der Waals surface area contributed by atoms with Crippen LogP contribution >= 0.6 is 0 Å². The predicted molar refractivity (Wildman–Crippen MR) is 60.1 cm³/mol. The molecule has 1 heterocycles. The Kier molecular flexibility index (Phi) is 3.10. The zero-order valence-electron chi connectivity index (χ0n) is 9.81. The minimum absolute atomic E-state index is 0.423. The van der Waals surface area contributed by atoms with Gasteiger partial charge in [-0.25, -0.2) is 4.98 Å². The van der Waals surface area contributed by atoms with Crippen molar-refractivity contribution in [1.82, 2.24) is 9.97 Å². The Bertz CT molecular complexity index is 362. The van der Waals surface area contributed by atoms with E-state index in [9.17, 15) is 5.11 Å². The summed E-state index contributed by atoms with van der Waals surface area (Å²) in [6.07, 6.45) is 7.59. The van der Waals surface area contributed by atoms with Crippen molar-refractivity contribution in [2.75, 3.05) is 7.11 Å². The Morgan fingerprint density at radius 1 is 1.44 bits per heavy atom. The Balaban J connectivity index is 2.19. The molecule has 1 unspecified atom stereocenters. The molecular formula is C12H18N2O2. The van der Waals surface area contributed by atoms with E-state index < -0.39 is 5.60 Å². The summed E-state index contributed by atoms with van der Waals surface area (Å²) in [5.74, 6) is 1.04. The normalized spacial score (nSPS) is 19.9. The smallest absolute Gasteiger partial charge is 0.238 e. The van der Waals surface area contributed by atoms with Crippen LogP contribution < -0.4 is 4.74 Å². The van der Waals surface area contributed by atoms with Crippen molar-refractivity contribution < 1.29 is 9.84 Å². The number of nitrogens with zero attached hydrogens (tertiary/aromatic N) is 2. The van der Waals surface area contributed by atoms with E-state index in [2.05, 4.69) is 9.97 Å². The fraction of sp³-hybridized carbons (Fsp3) is 0.667. The van der Waals surface area contributed by atoms with Crippen LogP contribution in [0.5, 0.6) is 5.88 Å². The topological polar surface area (TPSA) is 55.2 Å². The number of aromatic nitrogens is 2. The average molecular weight is 222 g/mol. The van der Waals surface area contributed by atoms with Crippen LogP contribution in [0.4, 0.5) is 0 Å². The van der Waals surface area contributed by atoms with Crippen molar-refractivity contribution in [2.45, 2.75) is 38.2 Å². The second-order valence-electron chi connectivity index (χ2n) is 4.69. The van der Waals surface area contributed by atoms with Crippen LogP contribution in [0.2, 0.25) is 0 Å². The van der Waals surface area contributed by atoms with Crippen LogP contribution in [0.3, 0.4) is 0 Å². The zero-order valence-corrected chi connectivity index (χ0v) is 9.81. The highest BCUT2D eigenvalue weighted by Gasteiger charge is 2.34. The lowest BCUT2D eigenvalue weighted by Gasteiger charge is -2.33. The summed E-state index contributed by atoms with van der Waals surface area (Å²) in [5.41, 5.74) is -0.394. The summed E-state index contributed by atoms with van der Waals surface area (Å²) in [7, 11) is 1.55. The van der Waals surface area contributed by atoms with Gasteiger partial charge in [0.05, 0.1) is 7.11 Å². The first kappa shape index (κ1) is 11.3. The average Bonchev–Trinajstić information content (AvgIpc) is 2.24. The van der Waals surface area contributed by atoms with Gasteiger partial charge in [0.2, 0.25) is 5.88 Å². The maximum Gasteiger partial charge on any atom is 0.238 e. The molecule has 0 aliphatic heterocycles. The van der Waals surface area contributed by atoms with Crippen LogP contribution in [-0.2, 0) is 5.60 Å². The molecule has 88 valence electrons. The molecule has 1 aliphatic rings. The minimum Gasteiger partial charge on any atom is -0.480 e. The fourth-order valence-corrected chi connectivity index (χ4v) is 2.20. The SMILES string of the molecule is COc1nccnc1C(C)(O)CC1CCC1. The molecule has 1 saturated carbocycles. The van der Waals surface area contributed by atoms with Gasteiger partial charge in [0, 0.05) is 12.4 Å². The highest BCUT2D eigenvalue weighted by Crippen LogP contribution is 2.39. The van der Waals surface area contributed by atoms with Gasteiger partial charge in [-0.05, 0) is 19.3 Å². The predicted octanol–water partition coefficient (Wildman–Crippen LogP) is 1.88. The fourth-order valence-electron chi connectivity index (χ4n) is 2.20. The van der Waals surface area contributed by atoms with Gasteiger partial charge >= 0.3 is 0 Å². The monoisotopic (exact) mass is 222 g/mol. The van der Waals surface area contributed by atoms with E-state index in [1.54, 1.807) is 26.4 Å². The van der Waals surface area contributed by atoms with E-state index in [1.807, 2.05) is 0 Å². The highest BCUT2D eigenvalue weighted by atomic mass is 16.5. The molecule has 0 saturated heterocycles. The van der Waals surface area contributed by atoms with Gasteiger partial charge in [-0.1, -0.05) is 19.3 Å². The molecule has 1 aliphatic carbocycles. The van der Waals surface area contributed by atoms with Crippen molar-refractivity contribution in [2.24, 2.45) is 5.92 Å². The molecule has 4 nitrogen and oxygen atoms in total. The van der Waals surface area contributed by atoms with E-state index in [0.717, 1.165) is 6.42 Å². The Morgan fingerprint density at radius 3 is 2.69 bits per heavy atom. The Labute approximate surface area is 95.7 Å². The van der Waals surface area contributed by atoms with Crippen LogP contribution in [0, 0.1) is 5.92 Å². The summed E-state index contributed by atoms with van der Waals surface area (Å²) in [6.45, 7) is 1.79. The van der Waals surface area contributed by atoms with Crippen molar-refractivity contribution >= 4 is 0 Å². The molecule has 0 radical (unpaired) electrons. The largest absolute Gasteiger partial charge is 0.480 e. The maximum atomic E-state index is 10.5. The quantitative estimate of drug-likeness (QED) is 0.845. The summed E-state index contributed by atoms with van der Waals surface area (Å²) in [4.78, 5) is 8.27. The van der Waals surface area contributed by atoms with Crippen LogP contribution in [0.25, 0.3) is 0 Å². The van der Waals surface area contributed by atoms with Gasteiger partial charge in [0.1, 0.15) is 11.3 Å². The number of methoxy groups -OCH3 is 1. The van der Waals surface area contributed by atoms with Gasteiger partial charge in [-0.15, -0.1) is 0 Å². The third-order valence-electron chi connectivity index (χ3n) is 3.28. The van der Waals surface area contributed by atoms with Crippen LogP contribution in [0.1, 0.15) is 38.3 Å². The van der Waals surface area contributed by atoms with Crippen molar-refractivity contribution in [3.05, 3.63) is 18.1 Å². The van der Waals surface area contributed by atoms with E-state index >= 15 is 0 Å². The van der Waals surface area contributed by atoms with Crippen LogP contribution in [-0.4, -0.2) is 22.2 Å². The summed E-state index contributed by atoms with van der Waals surface area (Å²) >= 11 is 0. The van der Waals surface area contributed by atoms with Crippen molar-refractivity contribution in [3.63, 3.8) is 0 Å². The van der Waals surface area contributed by atoms with Crippen molar-refractivity contribution in [3.8, 4) is 5.88 Å². The van der Waals surface area contributed by atoms with Crippen molar-refractivity contribution in [1.29, 1.82) is 0 Å². The van der Waals surface area contributed by atoms with E-state index in [1.165, 1.54) is 19.3 Å². The van der Waals surface area contributed by atoms with E-state index in [4.69, 9.17) is 4.74 Å². The molecule has 0 bridgehead atoms. The van der Waals surface area contributed by atoms with Gasteiger partial charge < -0.3 is 9.84 Å². The molecule has 16 heavy (non-hydrogen) atoms. The van der Waals surface area contributed by atoms with Gasteiger partial charge in [-0.3, -0.25) is 4.98 Å². The molecule has 4 heteroatoms. The highest BCUT2D eigenvalue weighted by molar-refractivity contribution is 5.23. The third kappa shape index (κ3) is 2.16. The number of aliphatic hydroxyl groups is 1. The molecule has 0 aromatic carbocycles. The molecule has 1 aromatic heterocycles. The number of hydrogen-bond acceptors (Lipinski definition) is 4. The molecule has 0 amide bonds. The maximum absolute atomic E-state index is 10.5. The first-order chi connectivity index (χ1) is 7.63. The lowest BCUT2D eigenvalue weighted by atomic mass is 9.77. The Hall–Kier alpha value is -1.16. The molecule has 1 fully saturated rings. The molecule has 2 rings (SSSR count).